The fourth-order valence-corrected chi connectivity index (χ4v) is 6.36. The van der Waals surface area contributed by atoms with Gasteiger partial charge in [0.1, 0.15) is 22.9 Å². The first-order valence-corrected chi connectivity index (χ1v) is 13.4. The second kappa shape index (κ2) is 9.25. The molecule has 0 saturated heterocycles. The molecule has 2 atom stereocenters. The summed E-state index contributed by atoms with van der Waals surface area (Å²) < 4.78 is 24.9. The van der Waals surface area contributed by atoms with Crippen LogP contribution >= 0.6 is 23.2 Å². The molecular weight excluding hydrogens is 552 g/mol. The second-order valence-corrected chi connectivity index (χ2v) is 11.9. The first-order valence-electron chi connectivity index (χ1n) is 12.7. The Balaban J connectivity index is 1.03. The molecule has 206 valence electrons. The van der Waals surface area contributed by atoms with Crippen molar-refractivity contribution in [2.24, 2.45) is 0 Å². The first-order chi connectivity index (χ1) is 18.5. The van der Waals surface area contributed by atoms with Gasteiger partial charge in [0, 0.05) is 40.2 Å². The number of fused-ring (bicyclic) bond motifs is 1. The quantitative estimate of drug-likeness (QED) is 0.359. The predicted octanol–water partition coefficient (Wildman–Crippen LogP) is 3.52. The zero-order chi connectivity index (χ0) is 27.6. The van der Waals surface area contributed by atoms with Crippen LogP contribution in [0.1, 0.15) is 50.1 Å². The van der Waals surface area contributed by atoms with Gasteiger partial charge in [-0.05, 0) is 62.4 Å². The van der Waals surface area contributed by atoms with Crippen molar-refractivity contribution in [2.75, 3.05) is 6.61 Å². The lowest BCUT2D eigenvalue weighted by atomic mass is 9.44. The summed E-state index contributed by atoms with van der Waals surface area (Å²) in [5, 5.41) is 19.4. The monoisotopic (exact) mass is 577 g/mol. The summed E-state index contributed by atoms with van der Waals surface area (Å²) in [6, 6.07) is 8.65. The van der Waals surface area contributed by atoms with Crippen molar-refractivity contribution >= 4 is 41.0 Å². The summed E-state index contributed by atoms with van der Waals surface area (Å²) >= 11 is 11.8. The number of amides is 2. The molecule has 2 aromatic rings. The van der Waals surface area contributed by atoms with Gasteiger partial charge in [-0.2, -0.15) is 0 Å². The minimum Gasteiger partial charge on any atom is -0.484 e. The molecule has 0 aromatic heterocycles. The number of halogens is 3. The third kappa shape index (κ3) is 4.90. The highest BCUT2D eigenvalue weighted by Crippen LogP contribution is 2.60. The molecule has 2 aromatic carbocycles. The number of hydrogen-bond donors (Lipinski definition) is 4. The lowest BCUT2D eigenvalue weighted by Gasteiger charge is -2.70. The van der Waals surface area contributed by atoms with E-state index in [1.165, 1.54) is 12.1 Å². The molecule has 9 nitrogen and oxygen atoms in total. The zero-order valence-corrected chi connectivity index (χ0v) is 22.2. The fraction of sp³-hybridized carbons (Fsp3) is 0.444. The molecule has 1 heterocycles. The maximum absolute atomic E-state index is 13.6. The summed E-state index contributed by atoms with van der Waals surface area (Å²) in [4.78, 5) is 37.4. The van der Waals surface area contributed by atoms with Crippen LogP contribution in [-0.4, -0.2) is 52.2 Å². The van der Waals surface area contributed by atoms with E-state index >= 15 is 0 Å². The van der Waals surface area contributed by atoms with Crippen LogP contribution in [0.25, 0.3) is 0 Å². The Kier molecular flexibility index (Phi) is 6.20. The van der Waals surface area contributed by atoms with Crippen molar-refractivity contribution in [1.82, 2.24) is 16.0 Å². The number of aliphatic carboxylic acids is 1. The van der Waals surface area contributed by atoms with E-state index in [2.05, 4.69) is 16.0 Å². The molecule has 7 rings (SSSR count). The first kappa shape index (κ1) is 26.2. The van der Waals surface area contributed by atoms with Gasteiger partial charge < -0.3 is 25.2 Å². The van der Waals surface area contributed by atoms with Crippen molar-refractivity contribution in [1.29, 1.82) is 0 Å². The van der Waals surface area contributed by atoms with E-state index in [1.54, 1.807) is 18.2 Å². The van der Waals surface area contributed by atoms with Crippen LogP contribution in [0.4, 0.5) is 4.39 Å². The Morgan fingerprint density at radius 2 is 1.77 bits per heavy atom. The van der Waals surface area contributed by atoms with Gasteiger partial charge >= 0.3 is 5.97 Å². The Morgan fingerprint density at radius 3 is 2.44 bits per heavy atom. The molecule has 2 amide bonds. The maximum Gasteiger partial charge on any atom is 0.323 e. The Hall–Kier alpha value is -3.08. The Bertz CT molecular complexity index is 1360. The van der Waals surface area contributed by atoms with E-state index in [4.69, 9.17) is 32.7 Å². The average molecular weight is 578 g/mol. The smallest absolute Gasteiger partial charge is 0.323 e. The van der Waals surface area contributed by atoms with Crippen molar-refractivity contribution in [3.8, 4) is 11.5 Å². The van der Waals surface area contributed by atoms with E-state index in [0.29, 0.717) is 42.9 Å². The van der Waals surface area contributed by atoms with E-state index in [1.807, 2.05) is 0 Å². The molecule has 5 aliphatic rings. The highest BCUT2D eigenvalue weighted by molar-refractivity contribution is 6.31. The number of carboxylic acids is 1. The van der Waals surface area contributed by atoms with Gasteiger partial charge in [0.25, 0.3) is 11.8 Å². The number of benzene rings is 2. The molecule has 0 spiro atoms. The van der Waals surface area contributed by atoms with Crippen LogP contribution in [0.3, 0.4) is 0 Å². The molecule has 0 radical (unpaired) electrons. The van der Waals surface area contributed by atoms with E-state index in [9.17, 15) is 23.9 Å². The van der Waals surface area contributed by atoms with Gasteiger partial charge in [-0.15, -0.1) is 0 Å². The van der Waals surface area contributed by atoms with Gasteiger partial charge in [-0.1, -0.05) is 23.2 Å². The predicted molar refractivity (Wildman–Crippen MR) is 138 cm³/mol. The molecule has 2 bridgehead atoms. The van der Waals surface area contributed by atoms with Crippen LogP contribution in [0.2, 0.25) is 10.0 Å². The van der Waals surface area contributed by atoms with E-state index in [-0.39, 0.29) is 35.6 Å². The van der Waals surface area contributed by atoms with Crippen molar-refractivity contribution in [3.63, 3.8) is 0 Å². The van der Waals surface area contributed by atoms with Crippen LogP contribution in [0.5, 0.6) is 11.5 Å². The number of hydrogen-bond acceptors (Lipinski definition) is 6. The molecule has 4 fully saturated rings. The fourth-order valence-electron chi connectivity index (χ4n) is 6.06. The SMILES string of the molecule is O=C(COc1ccc(Cl)c(F)c1)NC12CC(NC(=O)C3CC(NC4(C(=O)O)CC4)c4cc(Cl)ccc4O3)(C1)C2. The molecule has 2 unspecified atom stereocenters. The summed E-state index contributed by atoms with van der Waals surface area (Å²) in [7, 11) is 0. The Labute approximate surface area is 233 Å². The minimum absolute atomic E-state index is 0.0286. The number of rotatable bonds is 9. The lowest BCUT2D eigenvalue weighted by Crippen LogP contribution is -2.84. The largest absolute Gasteiger partial charge is 0.484 e. The molecule has 4 saturated carbocycles. The average Bonchev–Trinajstić information content (AvgIpc) is 3.63. The van der Waals surface area contributed by atoms with Gasteiger partial charge in [-0.3, -0.25) is 19.7 Å². The number of carbonyl (C=O) groups excluding carboxylic acids is 2. The summed E-state index contributed by atoms with van der Waals surface area (Å²) in [6.07, 6.45) is 2.22. The van der Waals surface area contributed by atoms with Crippen LogP contribution in [0.15, 0.2) is 36.4 Å². The molecule has 12 heteroatoms. The number of nitrogens with one attached hydrogen (secondary N) is 3. The standard InChI is InChI=1S/C27H26Cl2FN3O6/c28-14-1-4-20-16(7-14)19(31-27(5-6-27)24(36)37)9-21(39-20)23(35)33-26-11-25(12-26,13-26)32-22(34)10-38-15-2-3-17(29)18(30)8-15/h1-4,7-8,19,21,31H,5-6,9-13H2,(H,32,34)(H,33,35)(H,36,37). The highest BCUT2D eigenvalue weighted by Gasteiger charge is 2.69. The third-order valence-corrected chi connectivity index (χ3v) is 8.59. The third-order valence-electron chi connectivity index (χ3n) is 8.05. The van der Waals surface area contributed by atoms with Gasteiger partial charge in [-0.25, -0.2) is 4.39 Å². The van der Waals surface area contributed by atoms with Crippen molar-refractivity contribution in [2.45, 2.75) is 67.3 Å². The normalized spacial score (nSPS) is 29.0. The van der Waals surface area contributed by atoms with Gasteiger partial charge in [0.15, 0.2) is 12.7 Å². The molecular formula is C27H26Cl2FN3O6. The van der Waals surface area contributed by atoms with E-state index in [0.717, 1.165) is 11.6 Å². The zero-order valence-electron chi connectivity index (χ0n) is 20.7. The van der Waals surface area contributed by atoms with Gasteiger partial charge in [0.05, 0.1) is 5.02 Å². The maximum atomic E-state index is 13.6. The minimum atomic E-state index is -0.994. The van der Waals surface area contributed by atoms with E-state index < -0.39 is 40.5 Å². The van der Waals surface area contributed by atoms with Crippen molar-refractivity contribution < 1.29 is 33.4 Å². The van der Waals surface area contributed by atoms with Crippen molar-refractivity contribution in [3.05, 3.63) is 57.8 Å². The number of carbonyl (C=O) groups is 3. The molecule has 4 N–H and O–H groups in total. The Morgan fingerprint density at radius 1 is 1.05 bits per heavy atom. The molecule has 1 aliphatic heterocycles. The summed E-state index contributed by atoms with van der Waals surface area (Å²) in [5.41, 5.74) is -1.09. The van der Waals surface area contributed by atoms with Crippen LogP contribution in [-0.2, 0) is 14.4 Å². The summed E-state index contributed by atoms with van der Waals surface area (Å²) in [6.45, 7) is -0.270. The van der Waals surface area contributed by atoms with Crippen LogP contribution in [0, 0.1) is 5.82 Å². The summed E-state index contributed by atoms with van der Waals surface area (Å²) in [5.74, 6) is -1.46. The van der Waals surface area contributed by atoms with Crippen LogP contribution < -0.4 is 25.4 Å². The highest BCUT2D eigenvalue weighted by atomic mass is 35.5. The molecule has 4 aliphatic carbocycles. The lowest BCUT2D eigenvalue weighted by molar-refractivity contribution is -0.154. The molecule has 39 heavy (non-hydrogen) atoms. The van der Waals surface area contributed by atoms with Gasteiger partial charge in [0.2, 0.25) is 0 Å². The second-order valence-electron chi connectivity index (χ2n) is 11.1. The number of carboxylic acid groups (broad SMARTS) is 1. The number of ether oxygens (including phenoxy) is 2. The topological polar surface area (TPSA) is 126 Å².